The van der Waals surface area contributed by atoms with Gasteiger partial charge in [-0.1, -0.05) is 31.2 Å². The van der Waals surface area contributed by atoms with Gasteiger partial charge in [0.2, 0.25) is 0 Å². The summed E-state index contributed by atoms with van der Waals surface area (Å²) in [6, 6.07) is 7.73. The first-order valence-corrected chi connectivity index (χ1v) is 6.33. The molecule has 1 saturated carbocycles. The number of benzene rings is 1. The molecule has 0 amide bonds. The Hall–Kier alpha value is -1.64. The first-order chi connectivity index (χ1) is 8.63. The Morgan fingerprint density at radius 1 is 1.33 bits per heavy atom. The van der Waals surface area contributed by atoms with E-state index in [0.29, 0.717) is 5.92 Å². The van der Waals surface area contributed by atoms with Gasteiger partial charge < -0.3 is 4.74 Å². The molecule has 1 unspecified atom stereocenters. The van der Waals surface area contributed by atoms with Gasteiger partial charge in [-0.3, -0.25) is 9.59 Å². The van der Waals surface area contributed by atoms with E-state index < -0.39 is 0 Å². The molecule has 1 atom stereocenters. The van der Waals surface area contributed by atoms with Crippen molar-refractivity contribution in [2.24, 2.45) is 5.92 Å². The van der Waals surface area contributed by atoms with Gasteiger partial charge in [-0.05, 0) is 24.3 Å². The third kappa shape index (κ3) is 2.78. The van der Waals surface area contributed by atoms with Crippen molar-refractivity contribution < 1.29 is 14.3 Å². The van der Waals surface area contributed by atoms with Crippen molar-refractivity contribution in [2.75, 3.05) is 7.11 Å². The molecule has 0 aliphatic heterocycles. The normalized spacial score (nSPS) is 16.1. The van der Waals surface area contributed by atoms with E-state index >= 15 is 0 Å². The molecule has 0 aromatic heterocycles. The quantitative estimate of drug-likeness (QED) is 0.592. The van der Waals surface area contributed by atoms with E-state index in [1.54, 1.807) is 6.92 Å². The van der Waals surface area contributed by atoms with Crippen LogP contribution in [0.25, 0.3) is 0 Å². The Morgan fingerprint density at radius 2 is 2.00 bits per heavy atom. The molecule has 3 heteroatoms. The fourth-order valence-electron chi connectivity index (χ4n) is 2.17. The molecule has 0 spiro atoms. The van der Waals surface area contributed by atoms with Crippen LogP contribution in [0.2, 0.25) is 0 Å². The number of hydrogen-bond acceptors (Lipinski definition) is 3. The third-order valence-electron chi connectivity index (χ3n) is 3.37. The third-order valence-corrected chi connectivity index (χ3v) is 3.37. The zero-order valence-electron chi connectivity index (χ0n) is 10.8. The average molecular weight is 246 g/mol. The lowest BCUT2D eigenvalue weighted by Crippen LogP contribution is -2.17. The number of hydrogen-bond donors (Lipinski definition) is 0. The maximum Gasteiger partial charge on any atom is 0.308 e. The highest BCUT2D eigenvalue weighted by Gasteiger charge is 2.28. The lowest BCUT2D eigenvalue weighted by atomic mass is 9.94. The van der Waals surface area contributed by atoms with Gasteiger partial charge in [0.05, 0.1) is 13.0 Å². The van der Waals surface area contributed by atoms with Crippen molar-refractivity contribution in [2.45, 2.75) is 32.1 Å². The minimum atomic E-state index is -0.380. The Kier molecular flexibility index (Phi) is 3.80. The number of methoxy groups -OCH3 is 1. The van der Waals surface area contributed by atoms with Crippen molar-refractivity contribution >= 4 is 11.8 Å². The van der Waals surface area contributed by atoms with Gasteiger partial charge in [-0.2, -0.15) is 0 Å². The van der Waals surface area contributed by atoms with Crippen LogP contribution in [0, 0.1) is 5.92 Å². The predicted octanol–water partition coefficient (Wildman–Crippen LogP) is 2.95. The van der Waals surface area contributed by atoms with Crippen LogP contribution in [0.4, 0.5) is 0 Å². The van der Waals surface area contributed by atoms with Crippen molar-refractivity contribution in [3.05, 3.63) is 35.4 Å². The largest absolute Gasteiger partial charge is 0.469 e. The molecule has 96 valence electrons. The average Bonchev–Trinajstić information content (AvgIpc) is 3.21. The molecule has 0 bridgehead atoms. The van der Waals surface area contributed by atoms with Crippen molar-refractivity contribution in [1.82, 2.24) is 0 Å². The van der Waals surface area contributed by atoms with Crippen LogP contribution in [-0.4, -0.2) is 18.9 Å². The summed E-state index contributed by atoms with van der Waals surface area (Å²) in [6.45, 7) is 1.73. The van der Waals surface area contributed by atoms with Crippen molar-refractivity contribution in [3.8, 4) is 0 Å². The van der Waals surface area contributed by atoms with Gasteiger partial charge >= 0.3 is 5.97 Å². The van der Waals surface area contributed by atoms with Gasteiger partial charge in [0.25, 0.3) is 0 Å². The summed E-state index contributed by atoms with van der Waals surface area (Å²) in [4.78, 5) is 23.6. The standard InChI is InChI=1S/C15H18O3/c1-10(15(17)18-2)9-14(16)13-6-4-3-5-12(13)11-7-8-11/h3-6,10-11H,7-9H2,1-2H3. The zero-order valence-corrected chi connectivity index (χ0v) is 10.8. The molecule has 1 aliphatic carbocycles. The molecule has 0 N–H and O–H groups in total. The van der Waals surface area contributed by atoms with Crippen LogP contribution in [0.15, 0.2) is 24.3 Å². The maximum absolute atomic E-state index is 12.2. The molecule has 18 heavy (non-hydrogen) atoms. The van der Waals surface area contributed by atoms with Crippen LogP contribution in [0.5, 0.6) is 0 Å². The highest BCUT2D eigenvalue weighted by Crippen LogP contribution is 2.41. The van der Waals surface area contributed by atoms with Crippen LogP contribution in [0.3, 0.4) is 0 Å². The lowest BCUT2D eigenvalue weighted by Gasteiger charge is -2.11. The minimum absolute atomic E-state index is 0.0374. The molecule has 1 aliphatic rings. The molecule has 0 radical (unpaired) electrons. The van der Waals surface area contributed by atoms with Gasteiger partial charge in [0, 0.05) is 12.0 Å². The number of Topliss-reactive ketones (excluding diaryl/α,β-unsaturated/α-hetero) is 1. The lowest BCUT2D eigenvalue weighted by molar-refractivity contribution is -0.144. The van der Waals surface area contributed by atoms with Crippen LogP contribution < -0.4 is 0 Å². The zero-order chi connectivity index (χ0) is 13.1. The van der Waals surface area contributed by atoms with Crippen molar-refractivity contribution in [1.29, 1.82) is 0 Å². The second-order valence-corrected chi connectivity index (χ2v) is 4.91. The Balaban J connectivity index is 2.11. The Labute approximate surface area is 107 Å². The van der Waals surface area contributed by atoms with Crippen molar-refractivity contribution in [3.63, 3.8) is 0 Å². The predicted molar refractivity (Wildman–Crippen MR) is 68.5 cm³/mol. The van der Waals surface area contributed by atoms with E-state index in [2.05, 4.69) is 4.74 Å². The number of rotatable bonds is 5. The molecule has 2 rings (SSSR count). The highest BCUT2D eigenvalue weighted by atomic mass is 16.5. The summed E-state index contributed by atoms with van der Waals surface area (Å²) in [5.41, 5.74) is 1.91. The summed E-state index contributed by atoms with van der Waals surface area (Å²) in [6.07, 6.45) is 2.55. The Bertz CT molecular complexity index is 461. The fraction of sp³-hybridized carbons (Fsp3) is 0.467. The number of carbonyl (C=O) groups is 2. The first-order valence-electron chi connectivity index (χ1n) is 6.33. The van der Waals surface area contributed by atoms with Gasteiger partial charge in [0.1, 0.15) is 0 Å². The molecule has 1 fully saturated rings. The number of carbonyl (C=O) groups excluding carboxylic acids is 2. The molecular formula is C15H18O3. The number of esters is 1. The van der Waals surface area contributed by atoms with Gasteiger partial charge in [-0.25, -0.2) is 0 Å². The van der Waals surface area contributed by atoms with E-state index in [9.17, 15) is 9.59 Å². The smallest absolute Gasteiger partial charge is 0.308 e. The molecular weight excluding hydrogens is 228 g/mol. The molecule has 0 heterocycles. The molecule has 1 aromatic rings. The monoisotopic (exact) mass is 246 g/mol. The van der Waals surface area contributed by atoms with E-state index in [-0.39, 0.29) is 24.1 Å². The molecule has 0 saturated heterocycles. The van der Waals surface area contributed by atoms with E-state index in [4.69, 9.17) is 0 Å². The first kappa shape index (κ1) is 12.8. The summed E-state index contributed by atoms with van der Waals surface area (Å²) in [5, 5.41) is 0. The fourth-order valence-corrected chi connectivity index (χ4v) is 2.17. The topological polar surface area (TPSA) is 43.4 Å². The molecule has 3 nitrogen and oxygen atoms in total. The summed E-state index contributed by atoms with van der Waals surface area (Å²) >= 11 is 0. The van der Waals surface area contributed by atoms with E-state index in [0.717, 1.165) is 24.0 Å². The van der Waals surface area contributed by atoms with Crippen LogP contribution in [-0.2, 0) is 9.53 Å². The second-order valence-electron chi connectivity index (χ2n) is 4.91. The number of ether oxygens (including phenoxy) is 1. The highest BCUT2D eigenvalue weighted by molar-refractivity contribution is 5.99. The van der Waals surface area contributed by atoms with Crippen LogP contribution in [0.1, 0.15) is 48.0 Å². The molecule has 1 aromatic carbocycles. The van der Waals surface area contributed by atoms with E-state index in [1.165, 1.54) is 7.11 Å². The van der Waals surface area contributed by atoms with Gasteiger partial charge in [0.15, 0.2) is 5.78 Å². The van der Waals surface area contributed by atoms with Gasteiger partial charge in [-0.15, -0.1) is 0 Å². The van der Waals surface area contributed by atoms with E-state index in [1.807, 2.05) is 24.3 Å². The summed E-state index contributed by atoms with van der Waals surface area (Å²) in [5.74, 6) is -0.129. The Morgan fingerprint density at radius 3 is 2.61 bits per heavy atom. The minimum Gasteiger partial charge on any atom is -0.469 e. The second kappa shape index (κ2) is 5.34. The number of ketones is 1. The van der Waals surface area contributed by atoms with Crippen LogP contribution >= 0.6 is 0 Å². The maximum atomic E-state index is 12.2. The SMILES string of the molecule is COC(=O)C(C)CC(=O)c1ccccc1C1CC1. The summed E-state index contributed by atoms with van der Waals surface area (Å²) in [7, 11) is 1.35. The summed E-state index contributed by atoms with van der Waals surface area (Å²) < 4.78 is 4.65.